The van der Waals surface area contributed by atoms with Crippen molar-refractivity contribution in [2.45, 2.75) is 37.4 Å². The van der Waals surface area contributed by atoms with Gasteiger partial charge in [-0.05, 0) is 28.8 Å². The van der Waals surface area contributed by atoms with E-state index in [1.165, 1.54) is 0 Å². The van der Waals surface area contributed by atoms with E-state index < -0.39 is 30.5 Å². The van der Waals surface area contributed by atoms with Gasteiger partial charge in [0, 0.05) is 5.92 Å². The Bertz CT molecular complexity index is 569. The summed E-state index contributed by atoms with van der Waals surface area (Å²) in [5.41, 5.74) is 0.549. The molecule has 0 aliphatic heterocycles. The smallest absolute Gasteiger partial charge is 0.391 e. The van der Waals surface area contributed by atoms with Crippen LogP contribution in [0.5, 0.6) is 0 Å². The highest BCUT2D eigenvalue weighted by Crippen LogP contribution is 2.42. The molecule has 21 heavy (non-hydrogen) atoms. The predicted molar refractivity (Wildman–Crippen MR) is 67.8 cm³/mol. The number of carboxylic acids is 1. The molecule has 0 radical (unpaired) electrons. The van der Waals surface area contributed by atoms with Gasteiger partial charge in [0.05, 0.1) is 16.6 Å². The Balaban J connectivity index is 2.10. The van der Waals surface area contributed by atoms with Crippen LogP contribution in [0.1, 0.15) is 41.4 Å². The van der Waals surface area contributed by atoms with Crippen LogP contribution >= 0.6 is 15.9 Å². The number of aromatic amines is 1. The maximum Gasteiger partial charge on any atom is 0.391 e. The molecule has 1 unspecified atom stereocenters. The van der Waals surface area contributed by atoms with Gasteiger partial charge in [-0.1, -0.05) is 0 Å². The van der Waals surface area contributed by atoms with E-state index in [0.29, 0.717) is 10.2 Å². The van der Waals surface area contributed by atoms with E-state index in [9.17, 15) is 22.8 Å². The predicted octanol–water partition coefficient (Wildman–Crippen LogP) is 2.18. The van der Waals surface area contributed by atoms with E-state index in [4.69, 9.17) is 5.11 Å². The topological polar surface area (TPSA) is 95.1 Å². The van der Waals surface area contributed by atoms with Crippen LogP contribution in [0.4, 0.5) is 13.2 Å². The fourth-order valence-electron chi connectivity index (χ4n) is 1.79. The number of aliphatic carboxylic acids is 1. The molecule has 10 heteroatoms. The third-order valence-corrected chi connectivity index (χ3v) is 3.77. The van der Waals surface area contributed by atoms with Crippen molar-refractivity contribution in [3.05, 3.63) is 15.9 Å². The van der Waals surface area contributed by atoms with E-state index in [-0.39, 0.29) is 11.6 Å². The fraction of sp³-hybridized carbons (Fsp3) is 0.545. The first-order valence-corrected chi connectivity index (χ1v) is 6.82. The van der Waals surface area contributed by atoms with Crippen LogP contribution in [0.3, 0.4) is 0 Å². The number of alkyl halides is 3. The molecule has 1 aliphatic carbocycles. The lowest BCUT2D eigenvalue weighted by Gasteiger charge is -2.15. The number of carboxylic acid groups (broad SMARTS) is 1. The second kappa shape index (κ2) is 5.66. The summed E-state index contributed by atoms with van der Waals surface area (Å²) in [6.45, 7) is 0. The SMILES string of the molecule is O=C(NC(CC(F)(F)F)C(=O)O)c1n[nH]c(C2CC2)c1Br. The van der Waals surface area contributed by atoms with Crippen LogP contribution in [0.2, 0.25) is 0 Å². The van der Waals surface area contributed by atoms with Crippen molar-refractivity contribution in [3.8, 4) is 0 Å². The lowest BCUT2D eigenvalue weighted by atomic mass is 10.2. The van der Waals surface area contributed by atoms with E-state index in [1.54, 1.807) is 0 Å². The van der Waals surface area contributed by atoms with Crippen molar-refractivity contribution in [1.82, 2.24) is 15.5 Å². The number of H-pyrrole nitrogens is 1. The summed E-state index contributed by atoms with van der Waals surface area (Å²) in [5, 5.41) is 17.0. The summed E-state index contributed by atoms with van der Waals surface area (Å²) in [6.07, 6.45) is -4.47. The van der Waals surface area contributed by atoms with Gasteiger partial charge in [-0.25, -0.2) is 4.79 Å². The molecule has 1 heterocycles. The van der Waals surface area contributed by atoms with Crippen LogP contribution in [-0.4, -0.2) is 39.4 Å². The number of rotatable bonds is 5. The summed E-state index contributed by atoms with van der Waals surface area (Å²) in [7, 11) is 0. The molecule has 0 saturated heterocycles. The zero-order chi connectivity index (χ0) is 15.8. The maximum absolute atomic E-state index is 12.3. The van der Waals surface area contributed by atoms with Gasteiger partial charge in [-0.2, -0.15) is 18.3 Å². The number of carbonyl (C=O) groups is 2. The summed E-state index contributed by atoms with van der Waals surface area (Å²) in [5.74, 6) is -2.48. The molecule has 116 valence electrons. The number of nitrogens with zero attached hydrogens (tertiary/aromatic N) is 1. The number of hydrogen-bond donors (Lipinski definition) is 3. The van der Waals surface area contributed by atoms with Gasteiger partial charge in [0.2, 0.25) is 0 Å². The lowest BCUT2D eigenvalue weighted by molar-refractivity contribution is -0.157. The normalized spacial score (nSPS) is 16.6. The van der Waals surface area contributed by atoms with Gasteiger partial charge in [0.25, 0.3) is 5.91 Å². The Morgan fingerprint density at radius 1 is 1.48 bits per heavy atom. The summed E-state index contributed by atoms with van der Waals surface area (Å²) in [4.78, 5) is 22.7. The first kappa shape index (κ1) is 15.8. The summed E-state index contributed by atoms with van der Waals surface area (Å²) < 4.78 is 37.2. The molecule has 6 nitrogen and oxygen atoms in total. The molecule has 0 spiro atoms. The molecule has 0 aromatic carbocycles. The van der Waals surface area contributed by atoms with Crippen molar-refractivity contribution in [3.63, 3.8) is 0 Å². The minimum absolute atomic E-state index is 0.148. The third kappa shape index (κ3) is 3.96. The van der Waals surface area contributed by atoms with Gasteiger partial charge in [0.15, 0.2) is 5.69 Å². The van der Waals surface area contributed by atoms with Crippen LogP contribution in [0.25, 0.3) is 0 Å². The Morgan fingerprint density at radius 2 is 2.10 bits per heavy atom. The highest BCUT2D eigenvalue weighted by molar-refractivity contribution is 9.10. The largest absolute Gasteiger partial charge is 0.480 e. The number of carbonyl (C=O) groups excluding carboxylic acids is 1. The van der Waals surface area contributed by atoms with Gasteiger partial charge in [-0.15, -0.1) is 0 Å². The van der Waals surface area contributed by atoms with Crippen molar-refractivity contribution in [2.75, 3.05) is 0 Å². The quantitative estimate of drug-likeness (QED) is 0.741. The molecule has 1 atom stereocenters. The molecule has 1 aromatic heterocycles. The number of halogens is 4. The number of hydrogen-bond acceptors (Lipinski definition) is 3. The minimum atomic E-state index is -4.70. The van der Waals surface area contributed by atoms with Gasteiger partial charge in [-0.3, -0.25) is 9.89 Å². The monoisotopic (exact) mass is 369 g/mol. The minimum Gasteiger partial charge on any atom is -0.480 e. The van der Waals surface area contributed by atoms with Crippen LogP contribution in [0.15, 0.2) is 4.47 Å². The van der Waals surface area contributed by atoms with Gasteiger partial charge in [0.1, 0.15) is 6.04 Å². The number of nitrogens with one attached hydrogen (secondary N) is 2. The Labute approximate surface area is 125 Å². The second-order valence-corrected chi connectivity index (χ2v) is 5.55. The number of amides is 1. The molecule has 0 bridgehead atoms. The molecule has 1 aromatic rings. The van der Waals surface area contributed by atoms with E-state index in [2.05, 4.69) is 26.1 Å². The average molecular weight is 370 g/mol. The average Bonchev–Trinajstić information content (AvgIpc) is 3.10. The van der Waals surface area contributed by atoms with Crippen LogP contribution in [0, 0.1) is 0 Å². The van der Waals surface area contributed by atoms with Crippen molar-refractivity contribution < 1.29 is 27.9 Å². The molecule has 1 saturated carbocycles. The molecular weight excluding hydrogens is 359 g/mol. The Morgan fingerprint density at radius 3 is 2.57 bits per heavy atom. The highest BCUT2D eigenvalue weighted by Gasteiger charge is 2.37. The lowest BCUT2D eigenvalue weighted by Crippen LogP contribution is -2.43. The van der Waals surface area contributed by atoms with E-state index in [0.717, 1.165) is 12.8 Å². The van der Waals surface area contributed by atoms with Crippen LogP contribution in [-0.2, 0) is 4.79 Å². The Hall–Kier alpha value is -1.58. The zero-order valence-electron chi connectivity index (χ0n) is 10.5. The third-order valence-electron chi connectivity index (χ3n) is 2.97. The van der Waals surface area contributed by atoms with Crippen molar-refractivity contribution in [2.24, 2.45) is 0 Å². The zero-order valence-corrected chi connectivity index (χ0v) is 12.1. The number of aromatic nitrogens is 2. The van der Waals surface area contributed by atoms with Crippen LogP contribution < -0.4 is 5.32 Å². The van der Waals surface area contributed by atoms with E-state index in [1.807, 2.05) is 5.32 Å². The standard InChI is InChI=1S/C11H11BrF3N3O3/c12-6-7(4-1-2-4)17-18-8(6)9(19)16-5(10(20)21)3-11(13,14)15/h4-5H,1-3H2,(H,16,19)(H,17,18)(H,20,21). The fourth-order valence-corrected chi connectivity index (χ4v) is 2.47. The summed E-state index contributed by atoms with van der Waals surface area (Å²) >= 11 is 3.16. The molecule has 1 aliphatic rings. The molecular formula is C11H11BrF3N3O3. The molecule has 2 rings (SSSR count). The van der Waals surface area contributed by atoms with Gasteiger partial charge >= 0.3 is 12.1 Å². The first-order chi connectivity index (χ1) is 9.69. The summed E-state index contributed by atoms with van der Waals surface area (Å²) in [6, 6.07) is -2.05. The molecule has 1 amide bonds. The molecule has 1 fully saturated rings. The highest BCUT2D eigenvalue weighted by atomic mass is 79.9. The molecule has 3 N–H and O–H groups in total. The van der Waals surface area contributed by atoms with Crippen molar-refractivity contribution >= 4 is 27.8 Å². The Kier molecular flexibility index (Phi) is 4.26. The van der Waals surface area contributed by atoms with E-state index >= 15 is 0 Å². The van der Waals surface area contributed by atoms with Crippen molar-refractivity contribution in [1.29, 1.82) is 0 Å². The van der Waals surface area contributed by atoms with Gasteiger partial charge < -0.3 is 10.4 Å². The second-order valence-electron chi connectivity index (χ2n) is 4.76. The maximum atomic E-state index is 12.3. The first-order valence-electron chi connectivity index (χ1n) is 6.03.